The van der Waals surface area contributed by atoms with E-state index < -0.39 is 0 Å². The Morgan fingerprint density at radius 3 is 2.61 bits per heavy atom. The zero-order chi connectivity index (χ0) is 20.3. The molecule has 0 spiro atoms. The maximum atomic E-state index is 12.9. The summed E-state index contributed by atoms with van der Waals surface area (Å²) in [6.07, 6.45) is 7.69. The highest BCUT2D eigenvalue weighted by Crippen LogP contribution is 2.31. The van der Waals surface area contributed by atoms with Crippen LogP contribution in [0.5, 0.6) is 0 Å². The van der Waals surface area contributed by atoms with Crippen molar-refractivity contribution in [3.63, 3.8) is 0 Å². The lowest BCUT2D eigenvalue weighted by Gasteiger charge is -2.29. The molecule has 1 heterocycles. The van der Waals surface area contributed by atoms with Crippen LogP contribution in [0.25, 0.3) is 0 Å². The predicted molar refractivity (Wildman–Crippen MR) is 114 cm³/mol. The molecular formula is C23H31N3O2. The van der Waals surface area contributed by atoms with Gasteiger partial charge in [-0.15, -0.1) is 0 Å². The van der Waals surface area contributed by atoms with E-state index in [1.54, 1.807) is 0 Å². The minimum absolute atomic E-state index is 0.120. The predicted octanol–water partition coefficient (Wildman–Crippen LogP) is 3.92. The molecule has 1 fully saturated rings. The van der Waals surface area contributed by atoms with Crippen LogP contribution in [-0.4, -0.2) is 37.2 Å². The summed E-state index contributed by atoms with van der Waals surface area (Å²) >= 11 is 0. The smallest absolute Gasteiger partial charge is 0.254 e. The van der Waals surface area contributed by atoms with E-state index in [1.165, 1.54) is 25.7 Å². The first-order valence-corrected chi connectivity index (χ1v) is 10.3. The highest BCUT2D eigenvalue weighted by molar-refractivity contribution is 6.06. The molecule has 1 aliphatic heterocycles. The van der Waals surface area contributed by atoms with Crippen LogP contribution in [-0.2, 0) is 11.2 Å². The van der Waals surface area contributed by atoms with Crippen molar-refractivity contribution in [2.24, 2.45) is 10.9 Å². The van der Waals surface area contributed by atoms with Gasteiger partial charge in [0, 0.05) is 36.6 Å². The summed E-state index contributed by atoms with van der Waals surface area (Å²) in [6.45, 7) is 6.10. The molecule has 1 aliphatic carbocycles. The Morgan fingerprint density at radius 2 is 1.96 bits per heavy atom. The van der Waals surface area contributed by atoms with Gasteiger partial charge in [0.05, 0.1) is 5.92 Å². The van der Waals surface area contributed by atoms with Gasteiger partial charge in [0.2, 0.25) is 0 Å². The Bertz CT molecular complexity index is 819. The van der Waals surface area contributed by atoms with Gasteiger partial charge >= 0.3 is 0 Å². The van der Waals surface area contributed by atoms with E-state index in [-0.39, 0.29) is 24.3 Å². The van der Waals surface area contributed by atoms with E-state index in [1.807, 2.05) is 32.1 Å². The third kappa shape index (κ3) is 4.18. The van der Waals surface area contributed by atoms with E-state index in [2.05, 4.69) is 35.2 Å². The van der Waals surface area contributed by atoms with E-state index >= 15 is 0 Å². The number of aliphatic imine (C=N–C) groups is 1. The van der Waals surface area contributed by atoms with Crippen molar-refractivity contribution in [3.8, 4) is 0 Å². The summed E-state index contributed by atoms with van der Waals surface area (Å²) in [5.41, 5.74) is 4.59. The fourth-order valence-electron chi connectivity index (χ4n) is 4.42. The lowest BCUT2D eigenvalue weighted by atomic mass is 9.95. The van der Waals surface area contributed by atoms with Crippen LogP contribution in [0.3, 0.4) is 0 Å². The Labute approximate surface area is 167 Å². The maximum Gasteiger partial charge on any atom is 0.254 e. The van der Waals surface area contributed by atoms with Crippen LogP contribution < -0.4 is 10.2 Å². The molecule has 0 bridgehead atoms. The molecular weight excluding hydrogens is 350 g/mol. The van der Waals surface area contributed by atoms with E-state index in [0.717, 1.165) is 29.0 Å². The second kappa shape index (κ2) is 8.72. The second-order valence-electron chi connectivity index (χ2n) is 7.95. The first-order valence-electron chi connectivity index (χ1n) is 10.3. The molecule has 28 heavy (non-hydrogen) atoms. The van der Waals surface area contributed by atoms with Gasteiger partial charge in [0.15, 0.2) is 0 Å². The van der Waals surface area contributed by atoms with Crippen molar-refractivity contribution in [2.75, 3.05) is 18.5 Å². The largest absolute Gasteiger partial charge is 0.371 e. The molecule has 1 atom stereocenters. The van der Waals surface area contributed by atoms with Crippen LogP contribution in [0.1, 0.15) is 62.4 Å². The molecule has 150 valence electrons. The Hall–Kier alpha value is -2.43. The molecule has 1 unspecified atom stereocenters. The zero-order valence-electron chi connectivity index (χ0n) is 17.4. The Kier molecular flexibility index (Phi) is 6.32. The fourth-order valence-corrected chi connectivity index (χ4v) is 4.42. The number of carbonyl (C=O) groups excluding carboxylic acids is 2. The standard InChI is InChI=1S/C23H31N3O2/c1-5-18-19(11-8-12-21(18)26(4)17-9-6-7-10-17)22(27)24-14-20-15(2)13-16(3)25-23(20)28/h8,11-13,17,20H,5-7,9-10,14H2,1-4H3,(H,24,27). The molecule has 2 aliphatic rings. The van der Waals surface area contributed by atoms with Gasteiger partial charge in [-0.3, -0.25) is 9.59 Å². The van der Waals surface area contributed by atoms with Crippen LogP contribution in [0, 0.1) is 5.92 Å². The molecule has 1 aromatic carbocycles. The monoisotopic (exact) mass is 381 g/mol. The molecule has 5 nitrogen and oxygen atoms in total. The lowest BCUT2D eigenvalue weighted by Crippen LogP contribution is -2.35. The molecule has 2 amide bonds. The molecule has 3 rings (SSSR count). The van der Waals surface area contributed by atoms with Crippen molar-refractivity contribution < 1.29 is 9.59 Å². The summed E-state index contributed by atoms with van der Waals surface area (Å²) in [5.74, 6) is -0.671. The van der Waals surface area contributed by atoms with Crippen molar-refractivity contribution >= 4 is 23.2 Å². The quantitative estimate of drug-likeness (QED) is 0.812. The first kappa shape index (κ1) is 20.3. The molecule has 5 heteroatoms. The molecule has 0 aromatic heterocycles. The SMILES string of the molecule is CCc1c(C(=O)NCC2C(=O)N=C(C)C=C2C)cccc1N(C)C1CCCC1. The molecule has 1 N–H and O–H groups in total. The van der Waals surface area contributed by atoms with Crippen LogP contribution in [0.15, 0.2) is 34.8 Å². The van der Waals surface area contributed by atoms with Crippen LogP contribution >= 0.6 is 0 Å². The van der Waals surface area contributed by atoms with Gasteiger partial charge < -0.3 is 10.2 Å². The maximum absolute atomic E-state index is 12.9. The van der Waals surface area contributed by atoms with Gasteiger partial charge in [0.25, 0.3) is 11.8 Å². The third-order valence-electron chi connectivity index (χ3n) is 6.04. The first-order chi connectivity index (χ1) is 13.4. The molecule has 1 saturated carbocycles. The van der Waals surface area contributed by atoms with E-state index in [9.17, 15) is 9.59 Å². The van der Waals surface area contributed by atoms with Gasteiger partial charge in [-0.25, -0.2) is 4.99 Å². The summed E-state index contributed by atoms with van der Waals surface area (Å²) in [5, 5.41) is 2.97. The molecule has 1 aromatic rings. The van der Waals surface area contributed by atoms with E-state index in [0.29, 0.717) is 11.6 Å². The lowest BCUT2D eigenvalue weighted by molar-refractivity contribution is -0.120. The van der Waals surface area contributed by atoms with E-state index in [4.69, 9.17) is 0 Å². The number of nitrogens with zero attached hydrogens (tertiary/aromatic N) is 2. The Morgan fingerprint density at radius 1 is 1.25 bits per heavy atom. The van der Waals surface area contributed by atoms with Crippen LogP contribution in [0.2, 0.25) is 0 Å². The molecule has 0 radical (unpaired) electrons. The average molecular weight is 382 g/mol. The van der Waals surface area contributed by atoms with Crippen LogP contribution in [0.4, 0.5) is 5.69 Å². The van der Waals surface area contributed by atoms with Crippen molar-refractivity contribution in [3.05, 3.63) is 41.0 Å². The fraction of sp³-hybridized carbons (Fsp3) is 0.522. The number of nitrogens with one attached hydrogen (secondary N) is 1. The van der Waals surface area contributed by atoms with Crippen molar-refractivity contribution in [2.45, 2.75) is 58.9 Å². The number of allylic oxidation sites excluding steroid dienone is 1. The normalized spacial score (nSPS) is 20.0. The summed E-state index contributed by atoms with van der Waals surface area (Å²) in [4.78, 5) is 31.5. The average Bonchev–Trinajstić information content (AvgIpc) is 3.20. The number of rotatable bonds is 6. The van der Waals surface area contributed by atoms with Crippen molar-refractivity contribution in [1.82, 2.24) is 5.32 Å². The summed E-state index contributed by atoms with van der Waals surface area (Å²) < 4.78 is 0. The second-order valence-corrected chi connectivity index (χ2v) is 7.95. The van der Waals surface area contributed by atoms with Gasteiger partial charge in [0.1, 0.15) is 0 Å². The highest BCUT2D eigenvalue weighted by Gasteiger charge is 2.26. The van der Waals surface area contributed by atoms with Crippen molar-refractivity contribution in [1.29, 1.82) is 0 Å². The van der Waals surface area contributed by atoms with Gasteiger partial charge in [-0.1, -0.05) is 31.4 Å². The summed E-state index contributed by atoms with van der Waals surface area (Å²) in [6, 6.07) is 6.51. The minimum atomic E-state index is -0.373. The number of hydrogen-bond acceptors (Lipinski definition) is 3. The topological polar surface area (TPSA) is 61.8 Å². The molecule has 0 saturated heterocycles. The van der Waals surface area contributed by atoms with Gasteiger partial charge in [-0.05, 0) is 56.9 Å². The third-order valence-corrected chi connectivity index (χ3v) is 6.04. The number of benzene rings is 1. The number of carbonyl (C=O) groups is 2. The number of amides is 2. The zero-order valence-corrected chi connectivity index (χ0v) is 17.4. The minimum Gasteiger partial charge on any atom is -0.371 e. The summed E-state index contributed by atoms with van der Waals surface area (Å²) in [7, 11) is 2.14. The Balaban J connectivity index is 1.76. The number of dihydropyridines is 1. The number of hydrogen-bond donors (Lipinski definition) is 1. The van der Waals surface area contributed by atoms with Gasteiger partial charge in [-0.2, -0.15) is 0 Å². The highest BCUT2D eigenvalue weighted by atomic mass is 16.2. The number of anilines is 1.